The van der Waals surface area contributed by atoms with Gasteiger partial charge in [-0.15, -0.1) is 0 Å². The fourth-order valence-corrected chi connectivity index (χ4v) is 4.48. The van der Waals surface area contributed by atoms with Crippen LogP contribution in [0.25, 0.3) is 22.0 Å². The maximum Gasteiger partial charge on any atom is 0.407 e. The van der Waals surface area contributed by atoms with E-state index in [1.807, 2.05) is 48.5 Å². The van der Waals surface area contributed by atoms with E-state index < -0.39 is 18.1 Å². The minimum absolute atomic E-state index is 0.00975. The van der Waals surface area contributed by atoms with Gasteiger partial charge in [-0.1, -0.05) is 48.5 Å². The molecule has 166 valence electrons. The predicted octanol–water partition coefficient (Wildman–Crippen LogP) is 4.84. The van der Waals surface area contributed by atoms with Crippen LogP contribution in [-0.4, -0.2) is 34.8 Å². The molecule has 3 aromatic carbocycles. The van der Waals surface area contributed by atoms with Crippen molar-refractivity contribution in [1.82, 2.24) is 10.3 Å². The fourth-order valence-electron chi connectivity index (χ4n) is 4.48. The number of carboxylic acid groups (broad SMARTS) is 1. The first-order valence-electron chi connectivity index (χ1n) is 10.6. The summed E-state index contributed by atoms with van der Waals surface area (Å²) in [5.74, 6) is -1.68. The van der Waals surface area contributed by atoms with Gasteiger partial charge in [0.2, 0.25) is 0 Å². The zero-order valence-electron chi connectivity index (χ0n) is 17.5. The lowest BCUT2D eigenvalue weighted by Gasteiger charge is -2.17. The summed E-state index contributed by atoms with van der Waals surface area (Å²) in [6, 6.07) is 20.7. The number of hydrogen-bond donors (Lipinski definition) is 3. The van der Waals surface area contributed by atoms with Crippen LogP contribution in [0.1, 0.15) is 22.7 Å². The van der Waals surface area contributed by atoms with E-state index in [0.29, 0.717) is 16.6 Å². The lowest BCUT2D eigenvalue weighted by Crippen LogP contribution is -2.43. The number of carbonyl (C=O) groups excluding carboxylic acids is 1. The van der Waals surface area contributed by atoms with Gasteiger partial charge in [-0.2, -0.15) is 0 Å². The van der Waals surface area contributed by atoms with Crippen LogP contribution >= 0.6 is 0 Å². The van der Waals surface area contributed by atoms with Gasteiger partial charge in [-0.25, -0.2) is 14.0 Å². The molecule has 0 radical (unpaired) electrons. The van der Waals surface area contributed by atoms with Crippen molar-refractivity contribution in [3.8, 4) is 11.1 Å². The Balaban J connectivity index is 1.27. The SMILES string of the molecule is O=C(NC(Cc1cc2cc(F)ccc2[nH]1)C(=O)O)OCC1c2ccccc2-c2ccccc21. The summed E-state index contributed by atoms with van der Waals surface area (Å²) in [7, 11) is 0. The number of aromatic amines is 1. The summed E-state index contributed by atoms with van der Waals surface area (Å²) < 4.78 is 18.9. The van der Waals surface area contributed by atoms with E-state index in [9.17, 15) is 19.1 Å². The Labute approximate surface area is 189 Å². The average Bonchev–Trinajstić information content (AvgIpc) is 3.35. The number of nitrogens with one attached hydrogen (secondary N) is 2. The van der Waals surface area contributed by atoms with Gasteiger partial charge in [-0.3, -0.25) is 0 Å². The maximum atomic E-state index is 13.4. The Kier molecular flexibility index (Phi) is 5.30. The topological polar surface area (TPSA) is 91.4 Å². The number of fused-ring (bicyclic) bond motifs is 4. The van der Waals surface area contributed by atoms with Gasteiger partial charge in [0.1, 0.15) is 18.5 Å². The zero-order valence-corrected chi connectivity index (χ0v) is 17.5. The minimum atomic E-state index is -1.20. The van der Waals surface area contributed by atoms with Crippen LogP contribution < -0.4 is 5.32 Å². The summed E-state index contributed by atoms with van der Waals surface area (Å²) in [6.07, 6.45) is -0.790. The van der Waals surface area contributed by atoms with Crippen LogP contribution in [0.2, 0.25) is 0 Å². The molecule has 0 saturated carbocycles. The summed E-state index contributed by atoms with van der Waals surface area (Å²) in [6.45, 7) is 0.0951. The quantitative estimate of drug-likeness (QED) is 0.397. The van der Waals surface area contributed by atoms with Gasteiger partial charge in [-0.05, 0) is 46.5 Å². The molecule has 1 atom stereocenters. The van der Waals surface area contributed by atoms with Crippen LogP contribution in [0.15, 0.2) is 72.8 Å². The van der Waals surface area contributed by atoms with Crippen LogP contribution in [0.3, 0.4) is 0 Å². The standard InChI is InChI=1S/C26H21FN2O4/c27-16-9-10-23-15(11-16)12-17(28-23)13-24(25(30)31)29-26(32)33-14-22-20-7-3-1-5-18(20)19-6-2-4-8-21(19)22/h1-12,22,24,28H,13-14H2,(H,29,32)(H,30,31). The molecule has 1 aliphatic carbocycles. The van der Waals surface area contributed by atoms with Gasteiger partial charge < -0.3 is 20.1 Å². The summed E-state index contributed by atoms with van der Waals surface area (Å²) in [5, 5.41) is 12.7. The lowest BCUT2D eigenvalue weighted by atomic mass is 9.98. The summed E-state index contributed by atoms with van der Waals surface area (Å²) in [4.78, 5) is 27.3. The number of benzene rings is 3. The van der Waals surface area contributed by atoms with Crippen LogP contribution in [0, 0.1) is 5.82 Å². The Morgan fingerprint density at radius 1 is 1.00 bits per heavy atom. The first-order chi connectivity index (χ1) is 16.0. The summed E-state index contributed by atoms with van der Waals surface area (Å²) in [5.41, 5.74) is 5.64. The molecule has 6 nitrogen and oxygen atoms in total. The van der Waals surface area contributed by atoms with Crippen molar-refractivity contribution in [3.63, 3.8) is 0 Å². The first kappa shape index (κ1) is 20.8. The normalized spacial score (nSPS) is 13.4. The number of carboxylic acids is 1. The number of carbonyl (C=O) groups is 2. The highest BCUT2D eigenvalue weighted by Gasteiger charge is 2.30. The Bertz CT molecular complexity index is 1320. The predicted molar refractivity (Wildman–Crippen MR) is 122 cm³/mol. The highest BCUT2D eigenvalue weighted by atomic mass is 19.1. The molecule has 0 aliphatic heterocycles. The molecule has 1 aromatic heterocycles. The first-order valence-corrected chi connectivity index (χ1v) is 10.6. The van der Waals surface area contributed by atoms with E-state index in [0.717, 1.165) is 22.3 Å². The number of amides is 1. The molecule has 0 spiro atoms. The van der Waals surface area contributed by atoms with Crippen molar-refractivity contribution in [2.24, 2.45) is 0 Å². The number of aliphatic carboxylic acids is 1. The number of H-pyrrole nitrogens is 1. The summed E-state index contributed by atoms with van der Waals surface area (Å²) >= 11 is 0. The molecule has 1 aliphatic rings. The van der Waals surface area contributed by atoms with Gasteiger partial charge >= 0.3 is 12.1 Å². The number of aromatic nitrogens is 1. The van der Waals surface area contributed by atoms with Crippen LogP contribution in [0.4, 0.5) is 9.18 Å². The number of ether oxygens (including phenoxy) is 1. The monoisotopic (exact) mass is 444 g/mol. The molecule has 3 N–H and O–H groups in total. The van der Waals surface area contributed by atoms with Crippen LogP contribution in [0.5, 0.6) is 0 Å². The molecular formula is C26H21FN2O4. The van der Waals surface area contributed by atoms with E-state index in [1.54, 1.807) is 12.1 Å². The lowest BCUT2D eigenvalue weighted by molar-refractivity contribution is -0.139. The minimum Gasteiger partial charge on any atom is -0.480 e. The van der Waals surface area contributed by atoms with Crippen molar-refractivity contribution < 1.29 is 23.8 Å². The van der Waals surface area contributed by atoms with E-state index in [4.69, 9.17) is 4.74 Å². The fraction of sp³-hybridized carbons (Fsp3) is 0.154. The van der Waals surface area contributed by atoms with Gasteiger partial charge in [0.15, 0.2) is 0 Å². The largest absolute Gasteiger partial charge is 0.480 e. The van der Waals surface area contributed by atoms with Crippen molar-refractivity contribution in [2.45, 2.75) is 18.4 Å². The molecule has 4 aromatic rings. The van der Waals surface area contributed by atoms with E-state index >= 15 is 0 Å². The second-order valence-corrected chi connectivity index (χ2v) is 8.09. The highest BCUT2D eigenvalue weighted by molar-refractivity contribution is 5.83. The van der Waals surface area contributed by atoms with E-state index in [2.05, 4.69) is 10.3 Å². The average molecular weight is 444 g/mol. The molecule has 0 saturated heterocycles. The van der Waals surface area contributed by atoms with Crippen molar-refractivity contribution in [1.29, 1.82) is 0 Å². The smallest absolute Gasteiger partial charge is 0.407 e. The van der Waals surface area contributed by atoms with Gasteiger partial charge in [0, 0.05) is 28.9 Å². The third-order valence-electron chi connectivity index (χ3n) is 6.00. The Morgan fingerprint density at radius 3 is 2.33 bits per heavy atom. The molecule has 1 amide bonds. The van der Waals surface area contributed by atoms with Gasteiger partial charge in [0.25, 0.3) is 0 Å². The van der Waals surface area contributed by atoms with Crippen molar-refractivity contribution in [2.75, 3.05) is 6.61 Å². The van der Waals surface area contributed by atoms with Gasteiger partial charge in [0.05, 0.1) is 0 Å². The maximum absolute atomic E-state index is 13.4. The van der Waals surface area contributed by atoms with E-state index in [1.165, 1.54) is 12.1 Å². The third kappa shape index (κ3) is 4.05. The van der Waals surface area contributed by atoms with Crippen LogP contribution in [-0.2, 0) is 16.0 Å². The molecule has 1 heterocycles. The zero-order chi connectivity index (χ0) is 22.9. The van der Waals surface area contributed by atoms with E-state index in [-0.39, 0.29) is 24.8 Å². The third-order valence-corrected chi connectivity index (χ3v) is 6.00. The molecule has 0 fully saturated rings. The second kappa shape index (κ2) is 8.43. The molecule has 33 heavy (non-hydrogen) atoms. The molecule has 7 heteroatoms. The molecular weight excluding hydrogens is 423 g/mol. The molecule has 5 rings (SSSR count). The van der Waals surface area contributed by atoms with Crippen molar-refractivity contribution >= 4 is 23.0 Å². The molecule has 0 bridgehead atoms. The number of halogens is 1. The number of hydrogen-bond acceptors (Lipinski definition) is 3. The Hall–Kier alpha value is -4.13. The second-order valence-electron chi connectivity index (χ2n) is 8.09. The highest BCUT2D eigenvalue weighted by Crippen LogP contribution is 2.44. The van der Waals surface area contributed by atoms with Crippen molar-refractivity contribution in [3.05, 3.63) is 95.4 Å². The Morgan fingerprint density at radius 2 is 1.67 bits per heavy atom. The number of alkyl carbamates (subject to hydrolysis) is 1. The molecule has 1 unspecified atom stereocenters. The number of rotatable bonds is 6.